The summed E-state index contributed by atoms with van der Waals surface area (Å²) < 4.78 is 1.37. The van der Waals surface area contributed by atoms with Gasteiger partial charge in [-0.05, 0) is 20.3 Å². The number of amides is 1. The van der Waals surface area contributed by atoms with Crippen molar-refractivity contribution in [3.05, 3.63) is 22.4 Å². The maximum absolute atomic E-state index is 11.8. The molecule has 20 heavy (non-hydrogen) atoms. The summed E-state index contributed by atoms with van der Waals surface area (Å²) in [4.78, 5) is 27.5. The SMILES string of the molecule is CCCNC(=O)C(C)Nc1cc2n[nH]c(=O)n2c(C)n1. The van der Waals surface area contributed by atoms with Crippen LogP contribution in [-0.2, 0) is 4.79 Å². The quantitative estimate of drug-likeness (QED) is 0.717. The first-order chi connectivity index (χ1) is 9.52. The highest BCUT2D eigenvalue weighted by atomic mass is 16.2. The Balaban J connectivity index is 2.17. The third kappa shape index (κ3) is 2.79. The summed E-state index contributed by atoms with van der Waals surface area (Å²) in [6.45, 7) is 6.09. The lowest BCUT2D eigenvalue weighted by Crippen LogP contribution is -2.38. The van der Waals surface area contributed by atoms with Gasteiger partial charge >= 0.3 is 5.69 Å². The molecule has 0 saturated carbocycles. The number of aromatic nitrogens is 4. The Labute approximate surface area is 115 Å². The number of nitrogens with one attached hydrogen (secondary N) is 3. The molecule has 0 radical (unpaired) electrons. The summed E-state index contributed by atoms with van der Waals surface area (Å²) in [6.07, 6.45) is 0.887. The molecule has 2 heterocycles. The first-order valence-corrected chi connectivity index (χ1v) is 6.52. The molecule has 0 fully saturated rings. The molecule has 0 aromatic carbocycles. The van der Waals surface area contributed by atoms with E-state index < -0.39 is 6.04 Å². The van der Waals surface area contributed by atoms with Crippen LogP contribution in [0.15, 0.2) is 10.9 Å². The van der Waals surface area contributed by atoms with Gasteiger partial charge in [0.05, 0.1) is 0 Å². The molecule has 0 aliphatic carbocycles. The van der Waals surface area contributed by atoms with Crippen LogP contribution in [0, 0.1) is 6.92 Å². The van der Waals surface area contributed by atoms with E-state index >= 15 is 0 Å². The average molecular weight is 278 g/mol. The van der Waals surface area contributed by atoms with E-state index in [1.54, 1.807) is 19.9 Å². The van der Waals surface area contributed by atoms with Gasteiger partial charge in [-0.15, -0.1) is 0 Å². The van der Waals surface area contributed by atoms with Crippen LogP contribution < -0.4 is 16.3 Å². The van der Waals surface area contributed by atoms with Crippen molar-refractivity contribution < 1.29 is 4.79 Å². The lowest BCUT2D eigenvalue weighted by Gasteiger charge is -2.14. The van der Waals surface area contributed by atoms with Gasteiger partial charge in [0, 0.05) is 12.6 Å². The number of rotatable bonds is 5. The van der Waals surface area contributed by atoms with E-state index in [0.29, 0.717) is 23.8 Å². The van der Waals surface area contributed by atoms with Gasteiger partial charge in [0.2, 0.25) is 5.91 Å². The van der Waals surface area contributed by atoms with Crippen molar-refractivity contribution in [3.8, 4) is 0 Å². The number of fused-ring (bicyclic) bond motifs is 1. The molecule has 108 valence electrons. The minimum Gasteiger partial charge on any atom is -0.358 e. The van der Waals surface area contributed by atoms with Crippen molar-refractivity contribution in [2.24, 2.45) is 0 Å². The van der Waals surface area contributed by atoms with Crippen molar-refractivity contribution in [1.82, 2.24) is 24.9 Å². The lowest BCUT2D eigenvalue weighted by molar-refractivity contribution is -0.121. The maximum Gasteiger partial charge on any atom is 0.349 e. The van der Waals surface area contributed by atoms with Crippen molar-refractivity contribution in [2.45, 2.75) is 33.2 Å². The molecule has 1 unspecified atom stereocenters. The van der Waals surface area contributed by atoms with Gasteiger partial charge in [-0.1, -0.05) is 6.92 Å². The molecule has 0 bridgehead atoms. The van der Waals surface area contributed by atoms with Crippen LogP contribution >= 0.6 is 0 Å². The second-order valence-electron chi connectivity index (χ2n) is 4.57. The third-order valence-corrected chi connectivity index (χ3v) is 2.88. The second kappa shape index (κ2) is 5.72. The largest absolute Gasteiger partial charge is 0.358 e. The standard InChI is InChI=1S/C12H18N6O2/c1-4-5-13-11(19)7(2)14-9-6-10-16-17-12(20)18(10)8(3)15-9/h6-7,14H,4-5H2,1-3H3,(H,13,19)(H,17,20). The first-order valence-electron chi connectivity index (χ1n) is 6.52. The Morgan fingerprint density at radius 1 is 1.55 bits per heavy atom. The molecule has 8 nitrogen and oxygen atoms in total. The van der Waals surface area contributed by atoms with Crippen LogP contribution in [0.4, 0.5) is 5.82 Å². The number of nitrogens with zero attached hydrogens (tertiary/aromatic N) is 3. The van der Waals surface area contributed by atoms with Crippen LogP contribution in [0.1, 0.15) is 26.1 Å². The van der Waals surface area contributed by atoms with Crippen molar-refractivity contribution >= 4 is 17.4 Å². The number of anilines is 1. The minimum atomic E-state index is -0.415. The fourth-order valence-corrected chi connectivity index (χ4v) is 1.86. The number of aromatic amines is 1. The number of aryl methyl sites for hydroxylation is 1. The predicted octanol–water partition coefficient (Wildman–Crippen LogP) is 0.0526. The molecular formula is C12H18N6O2. The van der Waals surface area contributed by atoms with Gasteiger partial charge in [0.1, 0.15) is 17.7 Å². The van der Waals surface area contributed by atoms with E-state index in [9.17, 15) is 9.59 Å². The number of carbonyl (C=O) groups excluding carboxylic acids is 1. The van der Waals surface area contributed by atoms with Gasteiger partial charge in [-0.2, -0.15) is 5.10 Å². The number of hydrogen-bond donors (Lipinski definition) is 3. The normalized spacial score (nSPS) is 12.3. The van der Waals surface area contributed by atoms with Crippen molar-refractivity contribution in [3.63, 3.8) is 0 Å². The molecule has 1 atom stereocenters. The van der Waals surface area contributed by atoms with Gasteiger partial charge in [0.25, 0.3) is 0 Å². The zero-order valence-electron chi connectivity index (χ0n) is 11.7. The van der Waals surface area contributed by atoms with Crippen LogP contribution in [0.5, 0.6) is 0 Å². The van der Waals surface area contributed by atoms with E-state index in [4.69, 9.17) is 0 Å². The van der Waals surface area contributed by atoms with Crippen LogP contribution in [0.3, 0.4) is 0 Å². The Hall–Kier alpha value is -2.38. The molecule has 2 aromatic rings. The van der Waals surface area contributed by atoms with E-state index in [1.165, 1.54) is 4.40 Å². The summed E-state index contributed by atoms with van der Waals surface area (Å²) in [7, 11) is 0. The Morgan fingerprint density at radius 3 is 3.00 bits per heavy atom. The lowest BCUT2D eigenvalue weighted by atomic mass is 10.3. The van der Waals surface area contributed by atoms with Crippen molar-refractivity contribution in [1.29, 1.82) is 0 Å². The monoisotopic (exact) mass is 278 g/mol. The van der Waals surface area contributed by atoms with Crippen LogP contribution in [0.2, 0.25) is 0 Å². The highest BCUT2D eigenvalue weighted by molar-refractivity contribution is 5.83. The van der Waals surface area contributed by atoms with E-state index in [1.807, 2.05) is 6.92 Å². The smallest absolute Gasteiger partial charge is 0.349 e. The summed E-state index contributed by atoms with van der Waals surface area (Å²) in [6, 6.07) is 1.20. The molecule has 0 aliphatic rings. The Kier molecular flexibility index (Phi) is 4.02. The molecule has 0 spiro atoms. The highest BCUT2D eigenvalue weighted by Gasteiger charge is 2.14. The summed E-state index contributed by atoms with van der Waals surface area (Å²) in [5.41, 5.74) is 0.136. The fourth-order valence-electron chi connectivity index (χ4n) is 1.86. The molecule has 8 heteroatoms. The fraction of sp³-hybridized carbons (Fsp3) is 0.500. The molecule has 3 N–H and O–H groups in total. The number of H-pyrrole nitrogens is 1. The zero-order chi connectivity index (χ0) is 14.7. The predicted molar refractivity (Wildman–Crippen MR) is 74.7 cm³/mol. The third-order valence-electron chi connectivity index (χ3n) is 2.88. The number of carbonyl (C=O) groups is 1. The molecular weight excluding hydrogens is 260 g/mol. The zero-order valence-corrected chi connectivity index (χ0v) is 11.7. The topological polar surface area (TPSA) is 104 Å². The van der Waals surface area contributed by atoms with Gasteiger partial charge in [-0.25, -0.2) is 19.3 Å². The van der Waals surface area contributed by atoms with E-state index in [-0.39, 0.29) is 11.6 Å². The Bertz CT molecular complexity index is 674. The maximum atomic E-state index is 11.8. The first kappa shape index (κ1) is 14.0. The van der Waals surface area contributed by atoms with Crippen LogP contribution in [0.25, 0.3) is 5.65 Å². The molecule has 0 aliphatic heterocycles. The highest BCUT2D eigenvalue weighted by Crippen LogP contribution is 2.09. The molecule has 1 amide bonds. The van der Waals surface area contributed by atoms with E-state index in [2.05, 4.69) is 25.8 Å². The average Bonchev–Trinajstić information content (AvgIpc) is 2.77. The summed E-state index contributed by atoms with van der Waals surface area (Å²) in [5.74, 6) is 0.920. The summed E-state index contributed by atoms with van der Waals surface area (Å²) in [5, 5.41) is 12.0. The van der Waals surface area contributed by atoms with Crippen LogP contribution in [-0.4, -0.2) is 38.1 Å². The van der Waals surface area contributed by atoms with Gasteiger partial charge in [0.15, 0.2) is 5.65 Å². The summed E-state index contributed by atoms with van der Waals surface area (Å²) >= 11 is 0. The van der Waals surface area contributed by atoms with Crippen molar-refractivity contribution in [2.75, 3.05) is 11.9 Å². The molecule has 2 rings (SSSR count). The molecule has 2 aromatic heterocycles. The number of hydrogen-bond acceptors (Lipinski definition) is 5. The minimum absolute atomic E-state index is 0.0920. The second-order valence-corrected chi connectivity index (χ2v) is 4.57. The Morgan fingerprint density at radius 2 is 2.30 bits per heavy atom. The van der Waals surface area contributed by atoms with Gasteiger partial charge < -0.3 is 10.6 Å². The van der Waals surface area contributed by atoms with E-state index in [0.717, 1.165) is 6.42 Å². The molecule has 0 saturated heterocycles. The van der Waals surface area contributed by atoms with Gasteiger partial charge in [-0.3, -0.25) is 4.79 Å².